The second-order valence-corrected chi connectivity index (χ2v) is 7.11. The number of ketones is 1. The van der Waals surface area contributed by atoms with E-state index < -0.39 is 5.78 Å². The van der Waals surface area contributed by atoms with Crippen LogP contribution >= 0.6 is 11.6 Å². The fourth-order valence-electron chi connectivity index (χ4n) is 3.55. The molecule has 0 aliphatic rings. The van der Waals surface area contributed by atoms with Crippen LogP contribution in [0.4, 0.5) is 0 Å². The molecule has 0 amide bonds. The van der Waals surface area contributed by atoms with Gasteiger partial charge in [-0.15, -0.1) is 0 Å². The van der Waals surface area contributed by atoms with Gasteiger partial charge in [0.2, 0.25) is 5.78 Å². The number of carbonyl (C=O) groups is 2. The van der Waals surface area contributed by atoms with Crippen LogP contribution in [0.3, 0.4) is 0 Å². The maximum absolute atomic E-state index is 12.7. The summed E-state index contributed by atoms with van der Waals surface area (Å²) in [7, 11) is 0. The summed E-state index contributed by atoms with van der Waals surface area (Å²) >= 11 is 6.35. The van der Waals surface area contributed by atoms with Crippen molar-refractivity contribution in [1.82, 2.24) is 4.57 Å². The number of benzene rings is 3. The highest BCUT2D eigenvalue weighted by atomic mass is 35.5. The Labute approximate surface area is 174 Å². The van der Waals surface area contributed by atoms with Crippen molar-refractivity contribution in [2.45, 2.75) is 6.54 Å². The smallest absolute Gasteiger partial charge is 0.242 e. The van der Waals surface area contributed by atoms with E-state index in [0.717, 1.165) is 27.8 Å². The number of halogens is 1. The molecule has 0 saturated heterocycles. The van der Waals surface area contributed by atoms with Gasteiger partial charge in [0.1, 0.15) is 5.69 Å². The van der Waals surface area contributed by atoms with Gasteiger partial charge in [0.05, 0.1) is 0 Å². The molecule has 0 N–H and O–H groups in total. The molecule has 3 nitrogen and oxygen atoms in total. The van der Waals surface area contributed by atoms with Crippen LogP contribution in [0, 0.1) is 0 Å². The lowest BCUT2D eigenvalue weighted by molar-refractivity contribution is -0.104. The fraction of sp³-hybridized carbons (Fsp3) is 0.0400. The van der Waals surface area contributed by atoms with Crippen molar-refractivity contribution in [2.75, 3.05) is 0 Å². The van der Waals surface area contributed by atoms with Crippen molar-refractivity contribution >= 4 is 23.7 Å². The van der Waals surface area contributed by atoms with E-state index in [1.165, 1.54) is 0 Å². The minimum Gasteiger partial charge on any atom is -0.339 e. The summed E-state index contributed by atoms with van der Waals surface area (Å²) in [5, 5.41) is 0.619. The number of hydrogen-bond donors (Lipinski definition) is 0. The first-order valence-electron chi connectivity index (χ1n) is 9.26. The third-order valence-corrected chi connectivity index (χ3v) is 5.23. The molecule has 0 aliphatic heterocycles. The molecule has 0 atom stereocenters. The summed E-state index contributed by atoms with van der Waals surface area (Å²) in [4.78, 5) is 24.2. The Morgan fingerprint density at radius 1 is 0.828 bits per heavy atom. The van der Waals surface area contributed by atoms with Gasteiger partial charge >= 0.3 is 0 Å². The van der Waals surface area contributed by atoms with Crippen LogP contribution in [0.1, 0.15) is 16.1 Å². The third kappa shape index (κ3) is 3.78. The summed E-state index contributed by atoms with van der Waals surface area (Å²) in [6, 6.07) is 27.0. The standard InChI is InChI=1S/C25H18ClNO2/c26-22-14-8-7-13-20(22)15-27-16-21(18-9-3-1-4-10-18)24(25(27)23(29)17-28)19-11-5-2-6-12-19/h1-14,16-17H,15H2. The van der Waals surface area contributed by atoms with Crippen LogP contribution in [-0.2, 0) is 11.3 Å². The predicted octanol–water partition coefficient (Wildman–Crippen LogP) is 5.91. The maximum atomic E-state index is 12.7. The minimum atomic E-state index is -0.557. The molecule has 0 fully saturated rings. The van der Waals surface area contributed by atoms with Gasteiger partial charge < -0.3 is 4.57 Å². The summed E-state index contributed by atoms with van der Waals surface area (Å²) in [5.74, 6) is -0.557. The molecule has 0 bridgehead atoms. The zero-order valence-electron chi connectivity index (χ0n) is 15.6. The molecule has 0 unspecified atom stereocenters. The quantitative estimate of drug-likeness (QED) is 0.230. The van der Waals surface area contributed by atoms with Gasteiger partial charge in [0.15, 0.2) is 6.29 Å². The van der Waals surface area contributed by atoms with Gasteiger partial charge in [-0.25, -0.2) is 0 Å². The van der Waals surface area contributed by atoms with Crippen molar-refractivity contribution < 1.29 is 9.59 Å². The number of aromatic nitrogens is 1. The Morgan fingerprint density at radius 3 is 2.03 bits per heavy atom. The highest BCUT2D eigenvalue weighted by Crippen LogP contribution is 2.37. The van der Waals surface area contributed by atoms with E-state index in [2.05, 4.69) is 0 Å². The van der Waals surface area contributed by atoms with E-state index in [-0.39, 0.29) is 0 Å². The molecule has 4 rings (SSSR count). The van der Waals surface area contributed by atoms with Gasteiger partial charge in [0, 0.05) is 28.9 Å². The van der Waals surface area contributed by atoms with Crippen molar-refractivity contribution in [3.63, 3.8) is 0 Å². The SMILES string of the molecule is O=CC(=O)c1c(-c2ccccc2)c(-c2ccccc2)cn1Cc1ccccc1Cl. The van der Waals surface area contributed by atoms with Crippen LogP contribution < -0.4 is 0 Å². The van der Waals surface area contributed by atoms with Crippen LogP contribution in [0.25, 0.3) is 22.3 Å². The number of nitrogens with zero attached hydrogens (tertiary/aromatic N) is 1. The molecule has 4 aromatic rings. The average Bonchev–Trinajstić information content (AvgIpc) is 3.15. The molecule has 142 valence electrons. The number of carbonyl (C=O) groups excluding carboxylic acids is 2. The highest BCUT2D eigenvalue weighted by Gasteiger charge is 2.23. The minimum absolute atomic E-state index is 0.366. The molecule has 1 aromatic heterocycles. The number of rotatable bonds is 6. The highest BCUT2D eigenvalue weighted by molar-refractivity contribution is 6.35. The zero-order valence-corrected chi connectivity index (χ0v) is 16.3. The molecule has 29 heavy (non-hydrogen) atoms. The average molecular weight is 400 g/mol. The number of Topliss-reactive ketones (excluding diaryl/α,β-unsaturated/α-hetero) is 1. The van der Waals surface area contributed by atoms with Crippen LogP contribution in [0.15, 0.2) is 91.1 Å². The third-order valence-electron chi connectivity index (χ3n) is 4.86. The van der Waals surface area contributed by atoms with Gasteiger partial charge in [-0.05, 0) is 22.8 Å². The lowest BCUT2D eigenvalue weighted by atomic mass is 9.96. The van der Waals surface area contributed by atoms with E-state index >= 15 is 0 Å². The Balaban J connectivity index is 1.98. The Morgan fingerprint density at radius 2 is 1.41 bits per heavy atom. The van der Waals surface area contributed by atoms with Crippen LogP contribution in [0.2, 0.25) is 5.02 Å². The lowest BCUT2D eigenvalue weighted by Crippen LogP contribution is -2.11. The molecule has 0 saturated carbocycles. The Hall–Kier alpha value is -3.43. The van der Waals surface area contributed by atoms with Crippen molar-refractivity contribution in [1.29, 1.82) is 0 Å². The van der Waals surface area contributed by atoms with E-state index in [1.54, 1.807) is 0 Å². The normalized spacial score (nSPS) is 10.7. The largest absolute Gasteiger partial charge is 0.339 e. The first-order valence-corrected chi connectivity index (χ1v) is 9.63. The summed E-state index contributed by atoms with van der Waals surface area (Å²) in [6.45, 7) is 0.390. The monoisotopic (exact) mass is 399 g/mol. The Bertz CT molecular complexity index is 1160. The lowest BCUT2D eigenvalue weighted by Gasteiger charge is -2.10. The molecular formula is C25H18ClNO2. The first kappa shape index (κ1) is 18.9. The molecular weight excluding hydrogens is 382 g/mol. The predicted molar refractivity (Wildman–Crippen MR) is 116 cm³/mol. The molecule has 3 aromatic carbocycles. The maximum Gasteiger partial charge on any atom is 0.242 e. The van der Waals surface area contributed by atoms with Crippen LogP contribution in [-0.4, -0.2) is 16.6 Å². The van der Waals surface area contributed by atoms with Gasteiger partial charge in [0.25, 0.3) is 0 Å². The summed E-state index contributed by atoms with van der Waals surface area (Å²) in [5.41, 5.74) is 4.75. The van der Waals surface area contributed by atoms with E-state index in [1.807, 2.05) is 95.7 Å². The van der Waals surface area contributed by atoms with Gasteiger partial charge in [-0.2, -0.15) is 0 Å². The summed E-state index contributed by atoms with van der Waals surface area (Å²) in [6.07, 6.45) is 2.30. The zero-order chi connectivity index (χ0) is 20.2. The molecule has 1 heterocycles. The molecule has 4 heteroatoms. The fourth-order valence-corrected chi connectivity index (χ4v) is 3.74. The van der Waals surface area contributed by atoms with Gasteiger partial charge in [-0.3, -0.25) is 9.59 Å². The van der Waals surface area contributed by atoms with Gasteiger partial charge in [-0.1, -0.05) is 90.5 Å². The van der Waals surface area contributed by atoms with Crippen molar-refractivity contribution in [2.24, 2.45) is 0 Å². The summed E-state index contributed by atoms with van der Waals surface area (Å²) < 4.78 is 1.82. The van der Waals surface area contributed by atoms with Crippen LogP contribution in [0.5, 0.6) is 0 Å². The Kier molecular flexibility index (Phi) is 5.41. The topological polar surface area (TPSA) is 39.1 Å². The first-order chi connectivity index (χ1) is 14.2. The van der Waals surface area contributed by atoms with E-state index in [0.29, 0.717) is 23.5 Å². The molecule has 0 radical (unpaired) electrons. The van der Waals surface area contributed by atoms with Crippen molar-refractivity contribution in [3.8, 4) is 22.3 Å². The number of hydrogen-bond acceptors (Lipinski definition) is 2. The molecule has 0 spiro atoms. The van der Waals surface area contributed by atoms with Crippen molar-refractivity contribution in [3.05, 3.63) is 107 Å². The second kappa shape index (κ2) is 8.29. The molecule has 0 aliphatic carbocycles. The second-order valence-electron chi connectivity index (χ2n) is 6.70. The number of aldehydes is 1. The van der Waals surface area contributed by atoms with E-state index in [4.69, 9.17) is 11.6 Å². The van der Waals surface area contributed by atoms with E-state index in [9.17, 15) is 9.59 Å².